The van der Waals surface area contributed by atoms with Crippen LogP contribution < -0.4 is 0 Å². The molecule has 98 valence electrons. The molecule has 0 unspecified atom stereocenters. The molecule has 1 N–H and O–H groups in total. The molecule has 0 saturated heterocycles. The summed E-state index contributed by atoms with van der Waals surface area (Å²) in [6.45, 7) is 2.71. The van der Waals surface area contributed by atoms with E-state index in [0.717, 1.165) is 16.7 Å². The first-order valence-electron chi connectivity index (χ1n) is 5.84. The summed E-state index contributed by atoms with van der Waals surface area (Å²) in [5.74, 6) is -0.0781. The smallest absolute Gasteiger partial charge is 0.186 e. The average Bonchev–Trinajstić information content (AvgIpc) is 2.76. The number of aromatic nitrogens is 2. The van der Waals surface area contributed by atoms with Gasteiger partial charge in [-0.1, -0.05) is 12.1 Å². The van der Waals surface area contributed by atoms with Crippen molar-refractivity contribution in [3.8, 4) is 5.75 Å². The molecule has 2 rings (SSSR count). The molecule has 0 radical (unpaired) electrons. The zero-order chi connectivity index (χ0) is 13.8. The summed E-state index contributed by atoms with van der Waals surface area (Å²) < 4.78 is 2.63. The number of rotatable bonds is 4. The normalized spacial score (nSPS) is 11.1. The van der Waals surface area contributed by atoms with Crippen LogP contribution in [-0.4, -0.2) is 20.7 Å². The lowest BCUT2D eigenvalue weighted by Crippen LogP contribution is -1.99. The van der Waals surface area contributed by atoms with Crippen LogP contribution >= 0.6 is 15.9 Å². The molecule has 1 aromatic carbocycles. The van der Waals surface area contributed by atoms with Gasteiger partial charge in [0.05, 0.1) is 16.4 Å². The van der Waals surface area contributed by atoms with Crippen LogP contribution in [0.25, 0.3) is 6.08 Å². The fourth-order valence-corrected chi connectivity index (χ4v) is 2.13. The maximum absolute atomic E-state index is 12.0. The van der Waals surface area contributed by atoms with Gasteiger partial charge in [-0.25, -0.2) is 0 Å². The van der Waals surface area contributed by atoms with Crippen molar-refractivity contribution in [2.24, 2.45) is 0 Å². The Morgan fingerprint density at radius 3 is 3.00 bits per heavy atom. The number of phenols is 1. The Kier molecular flexibility index (Phi) is 4.16. The van der Waals surface area contributed by atoms with Crippen LogP contribution in [0.5, 0.6) is 5.75 Å². The molecule has 0 saturated carbocycles. The highest BCUT2D eigenvalue weighted by atomic mass is 79.9. The Morgan fingerprint density at radius 2 is 2.32 bits per heavy atom. The quantitative estimate of drug-likeness (QED) is 0.694. The van der Waals surface area contributed by atoms with Crippen LogP contribution in [0, 0.1) is 0 Å². The number of hydrogen-bond donors (Lipinski definition) is 1. The molecule has 0 aliphatic rings. The first kappa shape index (κ1) is 13.5. The van der Waals surface area contributed by atoms with Crippen LogP contribution in [0.1, 0.15) is 23.0 Å². The van der Waals surface area contributed by atoms with Crippen LogP contribution in [0.4, 0.5) is 0 Å². The Labute approximate surface area is 119 Å². The highest BCUT2D eigenvalue weighted by molar-refractivity contribution is 9.10. The van der Waals surface area contributed by atoms with E-state index in [-0.39, 0.29) is 11.5 Å². The zero-order valence-electron chi connectivity index (χ0n) is 10.4. The minimum absolute atomic E-state index is 0.0824. The van der Waals surface area contributed by atoms with Gasteiger partial charge in [0.15, 0.2) is 5.78 Å². The van der Waals surface area contributed by atoms with Gasteiger partial charge >= 0.3 is 0 Å². The minimum Gasteiger partial charge on any atom is -0.508 e. The third-order valence-electron chi connectivity index (χ3n) is 2.66. The number of nitrogens with zero attached hydrogens (tertiary/aromatic N) is 2. The summed E-state index contributed by atoms with van der Waals surface area (Å²) in [6.07, 6.45) is 4.89. The molecular formula is C14H13BrN2O2. The van der Waals surface area contributed by atoms with Crippen molar-refractivity contribution >= 4 is 27.8 Å². The number of halogens is 1. The van der Waals surface area contributed by atoms with Crippen LogP contribution in [0.15, 0.2) is 41.0 Å². The number of ketones is 1. The van der Waals surface area contributed by atoms with Crippen LogP contribution in [0.3, 0.4) is 0 Å². The summed E-state index contributed by atoms with van der Waals surface area (Å²) in [6, 6.07) is 6.28. The maximum atomic E-state index is 12.0. The van der Waals surface area contributed by atoms with Crippen molar-refractivity contribution in [1.29, 1.82) is 0 Å². The zero-order valence-corrected chi connectivity index (χ0v) is 12.0. The van der Waals surface area contributed by atoms with Gasteiger partial charge in [0.1, 0.15) is 5.75 Å². The number of hydrogen-bond acceptors (Lipinski definition) is 3. The van der Waals surface area contributed by atoms with Gasteiger partial charge in [-0.2, -0.15) is 5.10 Å². The Morgan fingerprint density at radius 1 is 1.53 bits per heavy atom. The molecule has 0 bridgehead atoms. The SMILES string of the molecule is CCn1ncc(Br)c1/C=C/C(=O)c1cccc(O)c1. The third-order valence-corrected chi connectivity index (χ3v) is 3.27. The fraction of sp³-hybridized carbons (Fsp3) is 0.143. The summed E-state index contributed by atoms with van der Waals surface area (Å²) in [7, 11) is 0. The molecule has 5 heteroatoms. The van der Waals surface area contributed by atoms with E-state index >= 15 is 0 Å². The van der Waals surface area contributed by atoms with E-state index in [4.69, 9.17) is 0 Å². The standard InChI is InChI=1S/C14H13BrN2O2/c1-2-17-13(12(15)9-16-17)6-7-14(19)10-4-3-5-11(18)8-10/h3-9,18H,2H2,1H3/b7-6+. The van der Waals surface area contributed by atoms with Crippen molar-refractivity contribution in [3.05, 3.63) is 52.3 Å². The number of allylic oxidation sites excluding steroid dienone is 1. The lowest BCUT2D eigenvalue weighted by molar-refractivity contribution is 0.104. The van der Waals surface area contributed by atoms with Gasteiger partial charge in [0.25, 0.3) is 0 Å². The number of carbonyl (C=O) groups excluding carboxylic acids is 1. The van der Waals surface area contributed by atoms with E-state index in [1.54, 1.807) is 29.1 Å². The topological polar surface area (TPSA) is 55.1 Å². The van der Waals surface area contributed by atoms with E-state index < -0.39 is 0 Å². The van der Waals surface area contributed by atoms with E-state index in [1.807, 2.05) is 6.92 Å². The van der Waals surface area contributed by atoms with Crippen molar-refractivity contribution in [3.63, 3.8) is 0 Å². The largest absolute Gasteiger partial charge is 0.508 e. The number of aryl methyl sites for hydroxylation is 1. The van der Waals surface area contributed by atoms with Gasteiger partial charge in [0.2, 0.25) is 0 Å². The third kappa shape index (κ3) is 3.12. The molecule has 0 amide bonds. The van der Waals surface area contributed by atoms with Crippen molar-refractivity contribution < 1.29 is 9.90 Å². The highest BCUT2D eigenvalue weighted by Crippen LogP contribution is 2.18. The van der Waals surface area contributed by atoms with E-state index in [2.05, 4.69) is 21.0 Å². The molecule has 4 nitrogen and oxygen atoms in total. The second-order valence-corrected chi connectivity index (χ2v) is 4.80. The Balaban J connectivity index is 2.23. The number of aromatic hydroxyl groups is 1. The molecule has 0 aliphatic carbocycles. The number of benzene rings is 1. The van der Waals surface area contributed by atoms with Gasteiger partial charge in [-0.3, -0.25) is 9.48 Å². The second kappa shape index (κ2) is 5.84. The van der Waals surface area contributed by atoms with E-state index in [0.29, 0.717) is 5.56 Å². The van der Waals surface area contributed by atoms with E-state index in [1.165, 1.54) is 18.2 Å². The molecule has 19 heavy (non-hydrogen) atoms. The molecule has 2 aromatic rings. The molecule has 1 aromatic heterocycles. The summed E-state index contributed by atoms with van der Waals surface area (Å²) in [5.41, 5.74) is 1.30. The molecule has 1 heterocycles. The van der Waals surface area contributed by atoms with Gasteiger partial charge < -0.3 is 5.11 Å². The predicted octanol–water partition coefficient (Wildman–Crippen LogP) is 3.27. The molecular weight excluding hydrogens is 308 g/mol. The summed E-state index contributed by atoms with van der Waals surface area (Å²) >= 11 is 3.39. The Hall–Kier alpha value is -1.88. The maximum Gasteiger partial charge on any atom is 0.186 e. The number of phenolic OH excluding ortho intramolecular Hbond substituents is 1. The highest BCUT2D eigenvalue weighted by Gasteiger charge is 2.06. The van der Waals surface area contributed by atoms with Crippen molar-refractivity contribution in [1.82, 2.24) is 9.78 Å². The second-order valence-electron chi connectivity index (χ2n) is 3.94. The lowest BCUT2D eigenvalue weighted by atomic mass is 10.1. The molecule has 0 atom stereocenters. The monoisotopic (exact) mass is 320 g/mol. The molecule has 0 fully saturated rings. The summed E-state index contributed by atoms with van der Waals surface area (Å²) in [5, 5.41) is 13.5. The van der Waals surface area contributed by atoms with Gasteiger partial charge in [0, 0.05) is 12.1 Å². The lowest BCUT2D eigenvalue weighted by Gasteiger charge is -2.00. The molecule has 0 spiro atoms. The van der Waals surface area contributed by atoms with E-state index in [9.17, 15) is 9.90 Å². The van der Waals surface area contributed by atoms with Crippen molar-refractivity contribution in [2.45, 2.75) is 13.5 Å². The first-order valence-corrected chi connectivity index (χ1v) is 6.64. The summed E-state index contributed by atoms with van der Waals surface area (Å²) in [4.78, 5) is 12.0. The van der Waals surface area contributed by atoms with Crippen LogP contribution in [0.2, 0.25) is 0 Å². The average molecular weight is 321 g/mol. The predicted molar refractivity (Wildman–Crippen MR) is 77.1 cm³/mol. The Bertz CT molecular complexity index is 632. The van der Waals surface area contributed by atoms with Crippen LogP contribution in [-0.2, 0) is 6.54 Å². The fourth-order valence-electron chi connectivity index (χ4n) is 1.70. The molecule has 0 aliphatic heterocycles. The number of carbonyl (C=O) groups is 1. The van der Waals surface area contributed by atoms with Gasteiger partial charge in [-0.05, 0) is 47.1 Å². The van der Waals surface area contributed by atoms with Crippen molar-refractivity contribution in [2.75, 3.05) is 0 Å². The first-order chi connectivity index (χ1) is 9.11. The van der Waals surface area contributed by atoms with Gasteiger partial charge in [-0.15, -0.1) is 0 Å². The minimum atomic E-state index is -0.161.